The minimum absolute atomic E-state index is 0. The number of aliphatic imine (C=N–C) groups is 1. The van der Waals surface area contributed by atoms with Gasteiger partial charge in [-0.25, -0.2) is 4.98 Å². The molecular formula is C19H32IN5OS. The van der Waals surface area contributed by atoms with Crippen LogP contribution in [0, 0.1) is 0 Å². The Hall–Kier alpha value is -0.740. The molecule has 0 saturated carbocycles. The normalized spacial score (nSPS) is 20.1. The van der Waals surface area contributed by atoms with E-state index in [4.69, 9.17) is 4.74 Å². The van der Waals surface area contributed by atoms with Gasteiger partial charge >= 0.3 is 0 Å². The van der Waals surface area contributed by atoms with Crippen molar-refractivity contribution >= 4 is 47.5 Å². The molecule has 2 saturated heterocycles. The Bertz CT molecular complexity index is 569. The SMILES string of the molecule is CCSC1(CNC(=NC)N2CCN(c3ccccn3)CC2)CCOCC1.I. The van der Waals surface area contributed by atoms with Crippen LogP contribution in [0.3, 0.4) is 0 Å². The van der Waals surface area contributed by atoms with E-state index in [9.17, 15) is 0 Å². The smallest absolute Gasteiger partial charge is 0.193 e. The van der Waals surface area contributed by atoms with Crippen LogP contribution >= 0.6 is 35.7 Å². The molecule has 1 aromatic rings. The molecular weight excluding hydrogens is 473 g/mol. The summed E-state index contributed by atoms with van der Waals surface area (Å²) >= 11 is 2.06. The second-order valence-electron chi connectivity index (χ2n) is 6.79. The molecule has 27 heavy (non-hydrogen) atoms. The molecule has 0 radical (unpaired) electrons. The van der Waals surface area contributed by atoms with Crippen molar-refractivity contribution in [1.29, 1.82) is 0 Å². The quantitative estimate of drug-likeness (QED) is 0.378. The zero-order chi connectivity index (χ0) is 18.2. The molecule has 0 atom stereocenters. The molecule has 152 valence electrons. The van der Waals surface area contributed by atoms with Crippen molar-refractivity contribution in [3.63, 3.8) is 0 Å². The van der Waals surface area contributed by atoms with E-state index in [1.54, 1.807) is 0 Å². The number of nitrogens with zero attached hydrogens (tertiary/aromatic N) is 4. The van der Waals surface area contributed by atoms with E-state index >= 15 is 0 Å². The zero-order valence-corrected chi connectivity index (χ0v) is 19.5. The predicted molar refractivity (Wildman–Crippen MR) is 126 cm³/mol. The molecule has 0 spiro atoms. The Morgan fingerprint density at radius 1 is 1.26 bits per heavy atom. The summed E-state index contributed by atoms with van der Waals surface area (Å²) in [4.78, 5) is 13.7. The Labute approximate surface area is 184 Å². The van der Waals surface area contributed by atoms with Gasteiger partial charge in [-0.05, 0) is 30.7 Å². The molecule has 0 amide bonds. The van der Waals surface area contributed by atoms with Gasteiger partial charge < -0.3 is 19.9 Å². The van der Waals surface area contributed by atoms with Crippen molar-refractivity contribution < 1.29 is 4.74 Å². The summed E-state index contributed by atoms with van der Waals surface area (Å²) in [7, 11) is 1.89. The van der Waals surface area contributed by atoms with Crippen LogP contribution in [0.2, 0.25) is 0 Å². The second kappa shape index (κ2) is 11.3. The van der Waals surface area contributed by atoms with E-state index in [1.807, 2.05) is 25.4 Å². The molecule has 8 heteroatoms. The van der Waals surface area contributed by atoms with Gasteiger partial charge in [0.1, 0.15) is 5.82 Å². The molecule has 0 aliphatic carbocycles. The summed E-state index contributed by atoms with van der Waals surface area (Å²) in [5.74, 6) is 3.23. The minimum atomic E-state index is 0. The maximum absolute atomic E-state index is 5.58. The third-order valence-electron chi connectivity index (χ3n) is 5.19. The monoisotopic (exact) mass is 505 g/mol. The van der Waals surface area contributed by atoms with Gasteiger partial charge in [-0.2, -0.15) is 11.8 Å². The molecule has 0 bridgehead atoms. The number of halogens is 1. The first-order chi connectivity index (χ1) is 12.8. The highest BCUT2D eigenvalue weighted by atomic mass is 127. The third-order valence-corrected chi connectivity index (χ3v) is 6.64. The van der Waals surface area contributed by atoms with Crippen LogP contribution in [-0.2, 0) is 4.74 Å². The van der Waals surface area contributed by atoms with Gasteiger partial charge in [-0.3, -0.25) is 4.99 Å². The lowest BCUT2D eigenvalue weighted by molar-refractivity contribution is 0.0780. The van der Waals surface area contributed by atoms with E-state index in [2.05, 4.69) is 49.8 Å². The van der Waals surface area contributed by atoms with Gasteiger partial charge in [-0.15, -0.1) is 24.0 Å². The first-order valence-electron chi connectivity index (χ1n) is 9.59. The molecule has 3 heterocycles. The molecule has 0 unspecified atom stereocenters. The third kappa shape index (κ3) is 6.12. The second-order valence-corrected chi connectivity index (χ2v) is 8.52. The highest BCUT2D eigenvalue weighted by Crippen LogP contribution is 2.34. The van der Waals surface area contributed by atoms with Crippen LogP contribution in [0.25, 0.3) is 0 Å². The standard InChI is InChI=1S/C19H31N5OS.HI/c1-3-26-19(7-14-25-15-8-19)16-22-18(20-2)24-12-10-23(11-13-24)17-6-4-5-9-21-17;/h4-6,9H,3,7-8,10-16H2,1-2H3,(H,20,22);1H. The predicted octanol–water partition coefficient (Wildman–Crippen LogP) is 2.70. The average molecular weight is 505 g/mol. The van der Waals surface area contributed by atoms with E-state index in [0.717, 1.165) is 76.3 Å². The van der Waals surface area contributed by atoms with Crippen molar-refractivity contribution in [3.05, 3.63) is 24.4 Å². The highest BCUT2D eigenvalue weighted by molar-refractivity contribution is 14.0. The lowest BCUT2D eigenvalue weighted by atomic mass is 9.99. The fourth-order valence-electron chi connectivity index (χ4n) is 3.68. The van der Waals surface area contributed by atoms with Crippen molar-refractivity contribution in [1.82, 2.24) is 15.2 Å². The van der Waals surface area contributed by atoms with Crippen LogP contribution < -0.4 is 10.2 Å². The Balaban J connectivity index is 0.00000261. The average Bonchev–Trinajstić information content (AvgIpc) is 2.71. The molecule has 2 aliphatic rings. The number of hydrogen-bond donors (Lipinski definition) is 1. The fraction of sp³-hybridized carbons (Fsp3) is 0.684. The molecule has 6 nitrogen and oxygen atoms in total. The van der Waals surface area contributed by atoms with E-state index < -0.39 is 0 Å². The molecule has 0 aromatic carbocycles. The Morgan fingerprint density at radius 2 is 2.00 bits per heavy atom. The number of aromatic nitrogens is 1. The summed E-state index contributed by atoms with van der Waals surface area (Å²) in [5.41, 5.74) is 0. The number of pyridine rings is 1. The topological polar surface area (TPSA) is 53.0 Å². The van der Waals surface area contributed by atoms with Crippen molar-refractivity contribution in [2.75, 3.05) is 63.6 Å². The van der Waals surface area contributed by atoms with Crippen LogP contribution in [0.5, 0.6) is 0 Å². The van der Waals surface area contributed by atoms with Gasteiger partial charge in [0.25, 0.3) is 0 Å². The number of nitrogens with one attached hydrogen (secondary N) is 1. The number of rotatable bonds is 5. The van der Waals surface area contributed by atoms with Crippen LogP contribution in [-0.4, -0.2) is 79.3 Å². The van der Waals surface area contributed by atoms with Crippen LogP contribution in [0.1, 0.15) is 19.8 Å². The zero-order valence-electron chi connectivity index (χ0n) is 16.4. The summed E-state index contributed by atoms with van der Waals surface area (Å²) in [5, 5.41) is 3.65. The molecule has 2 fully saturated rings. The van der Waals surface area contributed by atoms with E-state index in [0.29, 0.717) is 0 Å². The fourth-order valence-corrected chi connectivity index (χ4v) is 4.92. The summed E-state index contributed by atoms with van der Waals surface area (Å²) in [6.07, 6.45) is 4.09. The van der Waals surface area contributed by atoms with Gasteiger partial charge in [0.15, 0.2) is 5.96 Å². The number of ether oxygens (including phenoxy) is 1. The first-order valence-corrected chi connectivity index (χ1v) is 10.6. The van der Waals surface area contributed by atoms with Crippen LogP contribution in [0.15, 0.2) is 29.4 Å². The largest absolute Gasteiger partial charge is 0.381 e. The number of hydrogen-bond acceptors (Lipinski definition) is 5. The maximum atomic E-state index is 5.58. The van der Waals surface area contributed by atoms with Gasteiger partial charge in [0, 0.05) is 63.9 Å². The van der Waals surface area contributed by atoms with E-state index in [1.165, 1.54) is 0 Å². The van der Waals surface area contributed by atoms with E-state index in [-0.39, 0.29) is 28.7 Å². The van der Waals surface area contributed by atoms with Gasteiger partial charge in [0.05, 0.1) is 0 Å². The first kappa shape index (κ1) is 22.5. The lowest BCUT2D eigenvalue weighted by Crippen LogP contribution is -2.55. The molecule has 1 aromatic heterocycles. The summed E-state index contributed by atoms with van der Waals surface area (Å²) in [6, 6.07) is 6.10. The minimum Gasteiger partial charge on any atom is -0.381 e. The Morgan fingerprint density at radius 3 is 2.59 bits per heavy atom. The summed E-state index contributed by atoms with van der Waals surface area (Å²) in [6.45, 7) is 8.82. The van der Waals surface area contributed by atoms with Crippen molar-refractivity contribution in [3.8, 4) is 0 Å². The van der Waals surface area contributed by atoms with Crippen molar-refractivity contribution in [2.24, 2.45) is 4.99 Å². The number of piperazine rings is 1. The number of thioether (sulfide) groups is 1. The lowest BCUT2D eigenvalue weighted by Gasteiger charge is -2.40. The molecule has 2 aliphatic heterocycles. The maximum Gasteiger partial charge on any atom is 0.193 e. The Kier molecular flexibility index (Phi) is 9.44. The number of guanidine groups is 1. The highest BCUT2D eigenvalue weighted by Gasteiger charge is 2.33. The summed E-state index contributed by atoms with van der Waals surface area (Å²) < 4.78 is 5.86. The van der Waals surface area contributed by atoms with Crippen LogP contribution in [0.4, 0.5) is 5.82 Å². The molecule has 1 N–H and O–H groups in total. The molecule has 3 rings (SSSR count). The van der Waals surface area contributed by atoms with Gasteiger partial charge in [0.2, 0.25) is 0 Å². The number of anilines is 1. The van der Waals surface area contributed by atoms with Gasteiger partial charge in [-0.1, -0.05) is 13.0 Å². The van der Waals surface area contributed by atoms with Crippen molar-refractivity contribution in [2.45, 2.75) is 24.5 Å².